The van der Waals surface area contributed by atoms with E-state index in [1.54, 1.807) is 6.07 Å². The molecule has 2 nitrogen and oxygen atoms in total. The molecule has 0 spiro atoms. The van der Waals surface area contributed by atoms with Gasteiger partial charge in [0.05, 0.1) is 16.9 Å². The molecule has 0 amide bonds. The maximum atomic E-state index is 13.6. The number of rotatable bonds is 3. The van der Waals surface area contributed by atoms with Gasteiger partial charge in [-0.2, -0.15) is 13.2 Å². The van der Waals surface area contributed by atoms with Gasteiger partial charge in [-0.3, -0.25) is 0 Å². The van der Waals surface area contributed by atoms with Crippen molar-refractivity contribution in [2.45, 2.75) is 12.7 Å². The standard InChI is InChI=1S/C13H9ClF4N2/c14-10-3-1-2-8(12(10)15)6-19-9-4-5-11(20-7-9)13(16,17)18/h1-5,7,19H,6H2. The van der Waals surface area contributed by atoms with Gasteiger partial charge >= 0.3 is 6.18 Å². The zero-order chi connectivity index (χ0) is 14.8. The quantitative estimate of drug-likeness (QED) is 0.844. The fourth-order valence-electron chi connectivity index (χ4n) is 1.55. The van der Waals surface area contributed by atoms with Gasteiger partial charge in [0.1, 0.15) is 11.5 Å². The van der Waals surface area contributed by atoms with Crippen molar-refractivity contribution in [3.8, 4) is 0 Å². The van der Waals surface area contributed by atoms with Gasteiger partial charge < -0.3 is 5.32 Å². The molecule has 1 N–H and O–H groups in total. The molecular formula is C13H9ClF4N2. The number of aromatic nitrogens is 1. The van der Waals surface area contributed by atoms with E-state index in [4.69, 9.17) is 11.6 Å². The molecule has 0 saturated carbocycles. The highest BCUT2D eigenvalue weighted by molar-refractivity contribution is 6.30. The summed E-state index contributed by atoms with van der Waals surface area (Å²) < 4.78 is 50.6. The van der Waals surface area contributed by atoms with Crippen LogP contribution in [0.15, 0.2) is 36.5 Å². The predicted octanol–water partition coefficient (Wildman–Crippen LogP) is 4.51. The molecule has 20 heavy (non-hydrogen) atoms. The van der Waals surface area contributed by atoms with Crippen LogP contribution in [0.25, 0.3) is 0 Å². The van der Waals surface area contributed by atoms with Crippen LogP contribution in [0.4, 0.5) is 23.2 Å². The number of hydrogen-bond acceptors (Lipinski definition) is 2. The Hall–Kier alpha value is -1.82. The summed E-state index contributed by atoms with van der Waals surface area (Å²) in [5.41, 5.74) is -0.299. The first-order chi connectivity index (χ1) is 9.38. The van der Waals surface area contributed by atoms with E-state index in [1.807, 2.05) is 0 Å². The van der Waals surface area contributed by atoms with Gasteiger partial charge in [-0.25, -0.2) is 9.37 Å². The Morgan fingerprint density at radius 3 is 2.50 bits per heavy atom. The van der Waals surface area contributed by atoms with Crippen molar-refractivity contribution in [2.24, 2.45) is 0 Å². The maximum Gasteiger partial charge on any atom is 0.433 e. The molecule has 0 aliphatic rings. The van der Waals surface area contributed by atoms with E-state index in [2.05, 4.69) is 10.3 Å². The number of halogens is 5. The molecule has 2 rings (SSSR count). The smallest absolute Gasteiger partial charge is 0.380 e. The maximum absolute atomic E-state index is 13.6. The molecule has 1 aromatic carbocycles. The van der Waals surface area contributed by atoms with Gasteiger partial charge in [-0.05, 0) is 18.2 Å². The van der Waals surface area contributed by atoms with E-state index >= 15 is 0 Å². The Morgan fingerprint density at radius 2 is 1.90 bits per heavy atom. The van der Waals surface area contributed by atoms with Crippen LogP contribution in [0.3, 0.4) is 0 Å². The lowest BCUT2D eigenvalue weighted by Gasteiger charge is -2.09. The average Bonchev–Trinajstić information content (AvgIpc) is 2.40. The minimum atomic E-state index is -4.47. The molecule has 0 aliphatic heterocycles. The molecule has 1 heterocycles. The van der Waals surface area contributed by atoms with Crippen molar-refractivity contribution in [3.63, 3.8) is 0 Å². The summed E-state index contributed by atoms with van der Waals surface area (Å²) in [6.45, 7) is 0.0967. The van der Waals surface area contributed by atoms with Gasteiger partial charge in [0.2, 0.25) is 0 Å². The summed E-state index contributed by atoms with van der Waals surface area (Å²) >= 11 is 5.63. The summed E-state index contributed by atoms with van der Waals surface area (Å²) in [6.07, 6.45) is -3.43. The van der Waals surface area contributed by atoms with Crippen molar-refractivity contribution in [3.05, 3.63) is 58.6 Å². The third-order valence-electron chi connectivity index (χ3n) is 2.57. The molecule has 0 bridgehead atoms. The van der Waals surface area contributed by atoms with Gasteiger partial charge in [0.25, 0.3) is 0 Å². The lowest BCUT2D eigenvalue weighted by atomic mass is 10.2. The Morgan fingerprint density at radius 1 is 1.15 bits per heavy atom. The predicted molar refractivity (Wildman–Crippen MR) is 68.0 cm³/mol. The molecule has 2 aromatic rings. The van der Waals surface area contributed by atoms with Crippen LogP contribution >= 0.6 is 11.6 Å². The SMILES string of the molecule is Fc1c(Cl)cccc1CNc1ccc(C(F)(F)F)nc1. The Kier molecular flexibility index (Phi) is 4.13. The summed E-state index contributed by atoms with van der Waals surface area (Å²) in [5, 5.41) is 2.77. The molecule has 0 saturated heterocycles. The number of alkyl halides is 3. The van der Waals surface area contributed by atoms with Crippen molar-refractivity contribution in [2.75, 3.05) is 5.32 Å². The highest BCUT2D eigenvalue weighted by atomic mass is 35.5. The third kappa shape index (κ3) is 3.39. The molecule has 1 aromatic heterocycles. The van der Waals surface area contributed by atoms with Crippen LogP contribution in [0.2, 0.25) is 5.02 Å². The normalized spacial score (nSPS) is 11.4. The molecule has 0 unspecified atom stereocenters. The lowest BCUT2D eigenvalue weighted by Crippen LogP contribution is -2.08. The number of hydrogen-bond donors (Lipinski definition) is 1. The topological polar surface area (TPSA) is 24.9 Å². The third-order valence-corrected chi connectivity index (χ3v) is 2.86. The number of anilines is 1. The first-order valence-corrected chi connectivity index (χ1v) is 5.96. The number of nitrogens with one attached hydrogen (secondary N) is 1. The van der Waals surface area contributed by atoms with Crippen molar-refractivity contribution in [1.82, 2.24) is 4.98 Å². The number of nitrogens with zero attached hydrogens (tertiary/aromatic N) is 1. The highest BCUT2D eigenvalue weighted by Gasteiger charge is 2.31. The van der Waals surface area contributed by atoms with E-state index in [1.165, 1.54) is 18.2 Å². The lowest BCUT2D eigenvalue weighted by molar-refractivity contribution is -0.141. The van der Waals surface area contributed by atoms with Crippen LogP contribution in [0.1, 0.15) is 11.3 Å². The minimum absolute atomic E-state index is 0.00477. The summed E-state index contributed by atoms with van der Waals surface area (Å²) in [6, 6.07) is 6.63. The van der Waals surface area contributed by atoms with Crippen molar-refractivity contribution in [1.29, 1.82) is 0 Å². The highest BCUT2D eigenvalue weighted by Crippen LogP contribution is 2.28. The summed E-state index contributed by atoms with van der Waals surface area (Å²) in [7, 11) is 0. The van der Waals surface area contributed by atoms with E-state index < -0.39 is 17.7 Å². The Bertz CT molecular complexity index is 596. The second-order valence-electron chi connectivity index (χ2n) is 4.00. The molecule has 7 heteroatoms. The summed E-state index contributed by atoms with van der Waals surface area (Å²) in [4.78, 5) is 3.29. The van der Waals surface area contributed by atoms with Crippen LogP contribution in [0.5, 0.6) is 0 Å². The molecule has 0 fully saturated rings. The van der Waals surface area contributed by atoms with Gasteiger partial charge in [0, 0.05) is 12.1 Å². The first-order valence-electron chi connectivity index (χ1n) is 5.58. The van der Waals surface area contributed by atoms with Gasteiger partial charge in [-0.1, -0.05) is 23.7 Å². The molecule has 106 valence electrons. The minimum Gasteiger partial charge on any atom is -0.380 e. The largest absolute Gasteiger partial charge is 0.433 e. The van der Waals surface area contributed by atoms with Crippen molar-refractivity contribution < 1.29 is 17.6 Å². The molecule has 0 radical (unpaired) electrons. The van der Waals surface area contributed by atoms with E-state index in [0.717, 1.165) is 12.3 Å². The van der Waals surface area contributed by atoms with E-state index in [-0.39, 0.29) is 11.6 Å². The zero-order valence-electron chi connectivity index (χ0n) is 10.0. The fraction of sp³-hybridized carbons (Fsp3) is 0.154. The molecule has 0 aliphatic carbocycles. The van der Waals surface area contributed by atoms with Crippen LogP contribution < -0.4 is 5.32 Å². The van der Waals surface area contributed by atoms with Gasteiger partial charge in [-0.15, -0.1) is 0 Å². The average molecular weight is 305 g/mol. The summed E-state index contributed by atoms with van der Waals surface area (Å²) in [5.74, 6) is -0.554. The number of benzene rings is 1. The monoisotopic (exact) mass is 304 g/mol. The second kappa shape index (κ2) is 5.66. The zero-order valence-corrected chi connectivity index (χ0v) is 10.8. The van der Waals surface area contributed by atoms with Crippen LogP contribution in [-0.2, 0) is 12.7 Å². The Labute approximate surface area is 117 Å². The fourth-order valence-corrected chi connectivity index (χ4v) is 1.74. The van der Waals surface area contributed by atoms with Crippen molar-refractivity contribution >= 4 is 17.3 Å². The first kappa shape index (κ1) is 14.6. The van der Waals surface area contributed by atoms with E-state index in [0.29, 0.717) is 11.3 Å². The van der Waals surface area contributed by atoms with Crippen LogP contribution in [0, 0.1) is 5.82 Å². The second-order valence-corrected chi connectivity index (χ2v) is 4.40. The van der Waals surface area contributed by atoms with E-state index in [9.17, 15) is 17.6 Å². The van der Waals surface area contributed by atoms with Gasteiger partial charge in [0.15, 0.2) is 0 Å². The molecule has 0 atom stereocenters. The molecular weight excluding hydrogens is 296 g/mol. The van der Waals surface area contributed by atoms with Crippen LogP contribution in [-0.4, -0.2) is 4.98 Å². The number of pyridine rings is 1. The Balaban J connectivity index is 2.06.